The maximum absolute atomic E-state index is 5.29. The lowest BCUT2D eigenvalue weighted by Crippen LogP contribution is -2.44. The smallest absolute Gasteiger partial charge is 0.191 e. The normalized spacial score (nSPS) is 17.2. The van der Waals surface area contributed by atoms with Crippen LogP contribution in [0.4, 0.5) is 5.69 Å². The van der Waals surface area contributed by atoms with E-state index in [0.717, 1.165) is 32.0 Å². The second-order valence-corrected chi connectivity index (χ2v) is 7.04. The van der Waals surface area contributed by atoms with Crippen LogP contribution in [0.2, 0.25) is 0 Å². The van der Waals surface area contributed by atoms with Gasteiger partial charge in [0.15, 0.2) is 5.96 Å². The number of hydrogen-bond acceptors (Lipinski definition) is 3. The molecule has 5 heteroatoms. The largest absolute Gasteiger partial charge is 0.380 e. The second-order valence-electron chi connectivity index (χ2n) is 7.04. The molecule has 1 atom stereocenters. The molecule has 3 rings (SSSR count). The van der Waals surface area contributed by atoms with Gasteiger partial charge in [-0.25, -0.2) is 0 Å². The highest BCUT2D eigenvalue weighted by molar-refractivity contribution is 5.80. The van der Waals surface area contributed by atoms with Gasteiger partial charge in [0, 0.05) is 45.5 Å². The Morgan fingerprint density at radius 2 is 1.89 bits per heavy atom. The summed E-state index contributed by atoms with van der Waals surface area (Å²) in [6.07, 6.45) is 1.11. The summed E-state index contributed by atoms with van der Waals surface area (Å²) in [6.45, 7) is 5.53. The van der Waals surface area contributed by atoms with Crippen molar-refractivity contribution in [1.29, 1.82) is 0 Å². The zero-order chi connectivity index (χ0) is 19.1. The molecule has 1 aliphatic rings. The number of nitrogens with zero attached hydrogens (tertiary/aromatic N) is 2. The van der Waals surface area contributed by atoms with Crippen molar-refractivity contribution in [3.05, 3.63) is 65.2 Å². The maximum atomic E-state index is 5.29. The zero-order valence-corrected chi connectivity index (χ0v) is 16.5. The van der Waals surface area contributed by atoms with Gasteiger partial charge in [-0.3, -0.25) is 4.99 Å². The molecule has 0 aromatic heterocycles. The number of aliphatic imine (C=N–C) groups is 1. The average molecular weight is 367 g/mol. The molecule has 1 unspecified atom stereocenters. The molecule has 27 heavy (non-hydrogen) atoms. The lowest BCUT2D eigenvalue weighted by Gasteiger charge is -2.21. The number of methoxy groups -OCH3 is 1. The van der Waals surface area contributed by atoms with Gasteiger partial charge in [-0.2, -0.15) is 0 Å². The van der Waals surface area contributed by atoms with Gasteiger partial charge in [0.1, 0.15) is 0 Å². The molecular weight excluding hydrogens is 336 g/mol. The highest BCUT2D eigenvalue weighted by Crippen LogP contribution is 2.20. The molecule has 2 aromatic carbocycles. The molecule has 1 fully saturated rings. The Balaban J connectivity index is 1.53. The molecule has 0 amide bonds. The average Bonchev–Trinajstić information content (AvgIpc) is 3.15. The van der Waals surface area contributed by atoms with Crippen LogP contribution in [0.3, 0.4) is 0 Å². The minimum atomic E-state index is 0.395. The van der Waals surface area contributed by atoms with Gasteiger partial charge in [-0.05, 0) is 36.6 Å². The van der Waals surface area contributed by atoms with Crippen molar-refractivity contribution in [2.45, 2.75) is 32.5 Å². The van der Waals surface area contributed by atoms with Gasteiger partial charge in [-0.15, -0.1) is 0 Å². The summed E-state index contributed by atoms with van der Waals surface area (Å²) in [4.78, 5) is 6.83. The fourth-order valence-corrected chi connectivity index (χ4v) is 3.46. The molecule has 1 heterocycles. The van der Waals surface area contributed by atoms with Gasteiger partial charge < -0.3 is 20.3 Å². The van der Waals surface area contributed by atoms with Crippen LogP contribution >= 0.6 is 0 Å². The van der Waals surface area contributed by atoms with Crippen molar-refractivity contribution in [2.24, 2.45) is 4.99 Å². The highest BCUT2D eigenvalue weighted by Gasteiger charge is 2.23. The first-order chi connectivity index (χ1) is 13.2. The van der Waals surface area contributed by atoms with E-state index in [4.69, 9.17) is 4.74 Å². The Morgan fingerprint density at radius 1 is 1.15 bits per heavy atom. The maximum Gasteiger partial charge on any atom is 0.191 e. The van der Waals surface area contributed by atoms with E-state index in [1.165, 1.54) is 22.4 Å². The van der Waals surface area contributed by atoms with E-state index >= 15 is 0 Å². The first kappa shape index (κ1) is 19.2. The molecule has 144 valence electrons. The number of rotatable bonds is 6. The van der Waals surface area contributed by atoms with Crippen LogP contribution in [0.15, 0.2) is 53.5 Å². The SMILES string of the molecule is CN=C(NCc1ccccc1COC)NC1CCN(c2ccc(C)cc2)C1. The van der Waals surface area contributed by atoms with Crippen LogP contribution < -0.4 is 15.5 Å². The molecular formula is C22H30N4O. The highest BCUT2D eigenvalue weighted by atomic mass is 16.5. The summed E-state index contributed by atoms with van der Waals surface area (Å²) in [5.41, 5.74) is 5.02. The molecule has 0 spiro atoms. The van der Waals surface area contributed by atoms with Gasteiger partial charge >= 0.3 is 0 Å². The number of nitrogens with one attached hydrogen (secondary N) is 2. The van der Waals surface area contributed by atoms with Crippen molar-refractivity contribution >= 4 is 11.6 Å². The fourth-order valence-electron chi connectivity index (χ4n) is 3.46. The summed E-state index contributed by atoms with van der Waals surface area (Å²) >= 11 is 0. The summed E-state index contributed by atoms with van der Waals surface area (Å²) in [5, 5.41) is 7.00. The third-order valence-corrected chi connectivity index (χ3v) is 5.02. The number of ether oxygens (including phenoxy) is 1. The van der Waals surface area contributed by atoms with Gasteiger partial charge in [-0.1, -0.05) is 42.0 Å². The lowest BCUT2D eigenvalue weighted by molar-refractivity contribution is 0.184. The van der Waals surface area contributed by atoms with Crippen molar-refractivity contribution in [1.82, 2.24) is 10.6 Å². The first-order valence-electron chi connectivity index (χ1n) is 9.54. The van der Waals surface area contributed by atoms with Crippen LogP contribution in [0, 0.1) is 6.92 Å². The van der Waals surface area contributed by atoms with E-state index < -0.39 is 0 Å². The predicted octanol–water partition coefficient (Wildman–Crippen LogP) is 3.09. The van der Waals surface area contributed by atoms with Crippen LogP contribution in [-0.4, -0.2) is 39.2 Å². The van der Waals surface area contributed by atoms with Gasteiger partial charge in [0.25, 0.3) is 0 Å². The predicted molar refractivity (Wildman–Crippen MR) is 112 cm³/mol. The second kappa shape index (κ2) is 9.42. The van der Waals surface area contributed by atoms with Crippen molar-refractivity contribution in [3.63, 3.8) is 0 Å². The Morgan fingerprint density at radius 3 is 2.59 bits per heavy atom. The third kappa shape index (κ3) is 5.23. The van der Waals surface area contributed by atoms with E-state index in [2.05, 4.69) is 69.9 Å². The topological polar surface area (TPSA) is 48.9 Å². The van der Waals surface area contributed by atoms with E-state index in [0.29, 0.717) is 12.6 Å². The quantitative estimate of drug-likeness (QED) is 0.609. The first-order valence-corrected chi connectivity index (χ1v) is 9.54. The van der Waals surface area contributed by atoms with Crippen LogP contribution in [0.5, 0.6) is 0 Å². The van der Waals surface area contributed by atoms with Crippen LogP contribution in [0.25, 0.3) is 0 Å². The molecule has 1 saturated heterocycles. The molecule has 0 radical (unpaired) electrons. The molecule has 2 N–H and O–H groups in total. The zero-order valence-electron chi connectivity index (χ0n) is 16.5. The minimum Gasteiger partial charge on any atom is -0.380 e. The fraction of sp³-hybridized carbons (Fsp3) is 0.409. The number of hydrogen-bond donors (Lipinski definition) is 2. The van der Waals surface area contributed by atoms with Crippen molar-refractivity contribution in [3.8, 4) is 0 Å². The van der Waals surface area contributed by atoms with Crippen molar-refractivity contribution < 1.29 is 4.74 Å². The molecule has 2 aromatic rings. The van der Waals surface area contributed by atoms with Crippen LogP contribution in [-0.2, 0) is 17.9 Å². The number of benzene rings is 2. The van der Waals surface area contributed by atoms with Gasteiger partial charge in [0.05, 0.1) is 6.61 Å². The number of aryl methyl sites for hydroxylation is 1. The summed E-state index contributed by atoms with van der Waals surface area (Å²) in [7, 11) is 3.55. The summed E-state index contributed by atoms with van der Waals surface area (Å²) < 4.78 is 5.29. The monoisotopic (exact) mass is 366 g/mol. The van der Waals surface area contributed by atoms with Crippen molar-refractivity contribution in [2.75, 3.05) is 32.1 Å². The Kier molecular flexibility index (Phi) is 6.71. The number of guanidine groups is 1. The molecule has 1 aliphatic heterocycles. The lowest BCUT2D eigenvalue weighted by atomic mass is 10.1. The van der Waals surface area contributed by atoms with E-state index in [1.54, 1.807) is 7.11 Å². The van der Waals surface area contributed by atoms with E-state index in [-0.39, 0.29) is 0 Å². The van der Waals surface area contributed by atoms with Gasteiger partial charge in [0.2, 0.25) is 0 Å². The van der Waals surface area contributed by atoms with E-state index in [1.807, 2.05) is 13.1 Å². The molecule has 0 saturated carbocycles. The Labute approximate surface area is 162 Å². The minimum absolute atomic E-state index is 0.395. The number of anilines is 1. The summed E-state index contributed by atoms with van der Waals surface area (Å²) in [5.74, 6) is 0.845. The Hall–Kier alpha value is -2.53. The standard InChI is InChI=1S/C22H30N4O/c1-17-8-10-21(11-9-17)26-13-12-20(15-26)25-22(23-2)24-14-18-6-4-5-7-19(18)16-27-3/h4-11,20H,12-16H2,1-3H3,(H2,23,24,25). The van der Waals surface area contributed by atoms with E-state index in [9.17, 15) is 0 Å². The third-order valence-electron chi connectivity index (χ3n) is 5.02. The molecule has 5 nitrogen and oxygen atoms in total. The molecule has 0 bridgehead atoms. The van der Waals surface area contributed by atoms with Crippen LogP contribution in [0.1, 0.15) is 23.1 Å². The summed E-state index contributed by atoms with van der Waals surface area (Å²) in [6, 6.07) is 17.5. The Bertz CT molecular complexity index is 757. The molecule has 0 aliphatic carbocycles.